The zero-order valence-electron chi connectivity index (χ0n) is 18.4. The first kappa shape index (κ1) is 22.4. The number of fused-ring (bicyclic) bond motifs is 4. The Labute approximate surface area is 193 Å². The van der Waals surface area contributed by atoms with Gasteiger partial charge in [0, 0.05) is 12.2 Å². The highest BCUT2D eigenvalue weighted by Crippen LogP contribution is 2.47. The number of barbiturate groups is 1. The van der Waals surface area contributed by atoms with Gasteiger partial charge in [0.2, 0.25) is 11.8 Å². The molecule has 3 aliphatic rings. The molecule has 3 atom stereocenters. The van der Waals surface area contributed by atoms with Crippen LogP contribution < -0.4 is 15.5 Å². The Balaban J connectivity index is 1.61. The molecule has 2 aromatic carbocycles. The Morgan fingerprint density at radius 2 is 1.59 bits per heavy atom. The summed E-state index contributed by atoms with van der Waals surface area (Å²) in [7, 11) is 0. The second-order valence-corrected chi connectivity index (χ2v) is 9.05. The summed E-state index contributed by atoms with van der Waals surface area (Å²) in [6.07, 6.45) is -5.06. The molecule has 7 nitrogen and oxygen atoms in total. The number of imide groups is 2. The first-order valence-electron chi connectivity index (χ1n) is 10.9. The number of alkyl halides is 3. The molecule has 3 heterocycles. The second kappa shape index (κ2) is 7.56. The lowest BCUT2D eigenvalue weighted by atomic mass is 9.66. The fraction of sp³-hybridized carbons (Fsp3) is 0.375. The number of carbonyl (C=O) groups is 3. The van der Waals surface area contributed by atoms with Gasteiger partial charge in [0.15, 0.2) is 5.41 Å². The van der Waals surface area contributed by atoms with Gasteiger partial charge in [0.25, 0.3) is 0 Å². The zero-order valence-corrected chi connectivity index (χ0v) is 18.4. The van der Waals surface area contributed by atoms with Crippen molar-refractivity contribution in [2.45, 2.75) is 44.7 Å². The summed E-state index contributed by atoms with van der Waals surface area (Å²) < 4.78 is 44.8. The van der Waals surface area contributed by atoms with Crippen molar-refractivity contribution in [1.82, 2.24) is 10.6 Å². The van der Waals surface area contributed by atoms with Gasteiger partial charge in [-0.1, -0.05) is 18.2 Å². The molecule has 34 heavy (non-hydrogen) atoms. The van der Waals surface area contributed by atoms with Crippen LogP contribution in [0, 0.1) is 5.41 Å². The van der Waals surface area contributed by atoms with Gasteiger partial charge in [-0.2, -0.15) is 13.2 Å². The van der Waals surface area contributed by atoms with Gasteiger partial charge in [0.05, 0.1) is 23.8 Å². The molecule has 2 N–H and O–H groups in total. The molecular weight excluding hydrogens is 451 g/mol. The number of urea groups is 1. The molecule has 5 rings (SSSR count). The Bertz CT molecular complexity index is 1170. The largest absolute Gasteiger partial charge is 0.416 e. The summed E-state index contributed by atoms with van der Waals surface area (Å²) in [6.45, 7) is 4.13. The predicted octanol–water partition coefficient (Wildman–Crippen LogP) is 3.26. The van der Waals surface area contributed by atoms with Crippen LogP contribution in [0.5, 0.6) is 0 Å². The number of hydrogen-bond acceptors (Lipinski definition) is 5. The summed E-state index contributed by atoms with van der Waals surface area (Å²) in [5.74, 6) is -1.38. The number of nitrogens with one attached hydrogen (secondary N) is 2. The van der Waals surface area contributed by atoms with Gasteiger partial charge in [-0.05, 0) is 61.2 Å². The number of halogens is 3. The van der Waals surface area contributed by atoms with Crippen LogP contribution in [0.1, 0.15) is 25.0 Å². The number of carbonyl (C=O) groups excluding carboxylic acids is 3. The van der Waals surface area contributed by atoms with Crippen molar-refractivity contribution in [2.75, 3.05) is 11.4 Å². The molecule has 178 valence electrons. The smallest absolute Gasteiger partial charge is 0.372 e. The number of benzene rings is 2. The highest BCUT2D eigenvalue weighted by Gasteiger charge is 2.62. The molecule has 2 fully saturated rings. The number of ether oxygens (including phenoxy) is 1. The standard InChI is InChI=1S/C24H22F3N3O4/c1-12-11-30-18-8-5-15(14-3-6-17(7-4-14)24(25,26)27)9-16(18)10-23(19(30)13(2)34-12)20(31)28-22(33)29-21(23)32/h3-9,12-13,19H,10-11H2,1-2H3,(H2,28,29,31,32,33)/t12-,13+,19-/m1/s1. The SMILES string of the molecule is C[C@@H]1CN2c3ccc(-c4ccc(C(F)(F)F)cc4)cc3CC3(C(=O)NC(=O)NC3=O)[C@H]2[C@H](C)O1. The molecule has 10 heteroatoms. The zero-order chi connectivity index (χ0) is 24.4. The number of nitrogens with zero attached hydrogens (tertiary/aromatic N) is 1. The number of amides is 4. The molecule has 0 aliphatic carbocycles. The van der Waals surface area contributed by atoms with E-state index in [4.69, 9.17) is 4.74 Å². The molecule has 2 aromatic rings. The average molecular weight is 473 g/mol. The normalized spacial score (nSPS) is 26.0. The summed E-state index contributed by atoms with van der Waals surface area (Å²) in [6, 6.07) is 8.78. The van der Waals surface area contributed by atoms with E-state index in [0.29, 0.717) is 23.2 Å². The molecule has 0 unspecified atom stereocenters. The van der Waals surface area contributed by atoms with Crippen LogP contribution in [-0.2, 0) is 26.9 Å². The van der Waals surface area contributed by atoms with Crippen LogP contribution in [0.3, 0.4) is 0 Å². The van der Waals surface area contributed by atoms with E-state index in [-0.39, 0.29) is 12.5 Å². The van der Waals surface area contributed by atoms with E-state index in [9.17, 15) is 27.6 Å². The summed E-state index contributed by atoms with van der Waals surface area (Å²) in [5, 5.41) is 4.47. The Kier molecular flexibility index (Phi) is 4.98. The van der Waals surface area contributed by atoms with Gasteiger partial charge in [-0.3, -0.25) is 20.2 Å². The third kappa shape index (κ3) is 3.35. The fourth-order valence-electron chi connectivity index (χ4n) is 5.48. The number of morpholine rings is 1. The van der Waals surface area contributed by atoms with Crippen molar-refractivity contribution in [2.24, 2.45) is 5.41 Å². The highest BCUT2D eigenvalue weighted by atomic mass is 19.4. The maximum absolute atomic E-state index is 13.2. The van der Waals surface area contributed by atoms with Crippen molar-refractivity contribution in [1.29, 1.82) is 0 Å². The molecular formula is C24H22F3N3O4. The molecule has 0 radical (unpaired) electrons. The predicted molar refractivity (Wildman–Crippen MR) is 116 cm³/mol. The lowest BCUT2D eigenvalue weighted by molar-refractivity contribution is -0.153. The molecule has 4 amide bonds. The van der Waals surface area contributed by atoms with Crippen molar-refractivity contribution in [3.05, 3.63) is 53.6 Å². The summed E-state index contributed by atoms with van der Waals surface area (Å²) in [4.78, 5) is 40.1. The van der Waals surface area contributed by atoms with E-state index in [1.807, 2.05) is 24.0 Å². The van der Waals surface area contributed by atoms with E-state index < -0.39 is 47.1 Å². The minimum atomic E-state index is -4.43. The Hall–Kier alpha value is -3.40. The van der Waals surface area contributed by atoms with Crippen molar-refractivity contribution >= 4 is 23.5 Å². The maximum atomic E-state index is 13.2. The Morgan fingerprint density at radius 3 is 2.21 bits per heavy atom. The second-order valence-electron chi connectivity index (χ2n) is 9.05. The minimum Gasteiger partial charge on any atom is -0.372 e. The van der Waals surface area contributed by atoms with Gasteiger partial charge < -0.3 is 9.64 Å². The van der Waals surface area contributed by atoms with Crippen LogP contribution in [0.25, 0.3) is 11.1 Å². The molecule has 1 spiro atoms. The highest BCUT2D eigenvalue weighted by molar-refractivity contribution is 6.20. The van der Waals surface area contributed by atoms with Crippen LogP contribution in [0.2, 0.25) is 0 Å². The maximum Gasteiger partial charge on any atom is 0.416 e. The Morgan fingerprint density at radius 1 is 0.971 bits per heavy atom. The van der Waals surface area contributed by atoms with E-state index in [2.05, 4.69) is 10.6 Å². The topological polar surface area (TPSA) is 87.7 Å². The van der Waals surface area contributed by atoms with E-state index in [0.717, 1.165) is 17.8 Å². The third-order valence-electron chi connectivity index (χ3n) is 6.85. The van der Waals surface area contributed by atoms with Crippen LogP contribution in [-0.4, -0.2) is 42.6 Å². The molecule has 0 saturated carbocycles. The van der Waals surface area contributed by atoms with Crippen LogP contribution in [0.4, 0.5) is 23.7 Å². The summed E-state index contributed by atoms with van der Waals surface area (Å²) >= 11 is 0. The third-order valence-corrected chi connectivity index (χ3v) is 6.85. The van der Waals surface area contributed by atoms with Crippen molar-refractivity contribution < 1.29 is 32.3 Å². The molecule has 0 bridgehead atoms. The van der Waals surface area contributed by atoms with Gasteiger partial charge in [-0.15, -0.1) is 0 Å². The van der Waals surface area contributed by atoms with E-state index >= 15 is 0 Å². The summed E-state index contributed by atoms with van der Waals surface area (Å²) in [5.41, 5.74) is 0.401. The van der Waals surface area contributed by atoms with Gasteiger partial charge in [-0.25, -0.2) is 4.79 Å². The van der Waals surface area contributed by atoms with Gasteiger partial charge >= 0.3 is 12.2 Å². The van der Waals surface area contributed by atoms with E-state index in [1.54, 1.807) is 13.0 Å². The average Bonchev–Trinajstić information content (AvgIpc) is 2.76. The molecule has 0 aromatic heterocycles. The van der Waals surface area contributed by atoms with E-state index in [1.165, 1.54) is 12.1 Å². The first-order chi connectivity index (χ1) is 16.0. The number of rotatable bonds is 1. The van der Waals surface area contributed by atoms with Gasteiger partial charge in [0.1, 0.15) is 0 Å². The monoisotopic (exact) mass is 473 g/mol. The number of anilines is 1. The minimum absolute atomic E-state index is 0.0189. The van der Waals surface area contributed by atoms with Crippen molar-refractivity contribution in [3.8, 4) is 11.1 Å². The lowest BCUT2D eigenvalue weighted by Gasteiger charge is -2.55. The fourth-order valence-corrected chi connectivity index (χ4v) is 5.48. The van der Waals surface area contributed by atoms with Crippen LogP contribution >= 0.6 is 0 Å². The first-order valence-corrected chi connectivity index (χ1v) is 10.9. The molecule has 3 aliphatic heterocycles. The lowest BCUT2D eigenvalue weighted by Crippen LogP contribution is -2.75. The number of hydrogen-bond donors (Lipinski definition) is 2. The quantitative estimate of drug-likeness (QED) is 0.621. The molecule has 2 saturated heterocycles. The van der Waals surface area contributed by atoms with Crippen molar-refractivity contribution in [3.63, 3.8) is 0 Å². The van der Waals surface area contributed by atoms with Crippen LogP contribution in [0.15, 0.2) is 42.5 Å².